The van der Waals surface area contributed by atoms with Gasteiger partial charge in [-0.05, 0) is 18.6 Å². The Hall–Kier alpha value is -1.18. The summed E-state index contributed by atoms with van der Waals surface area (Å²) < 4.78 is 39.5. The molecule has 1 aromatic rings. The Morgan fingerprint density at radius 3 is 2.48 bits per heavy atom. The van der Waals surface area contributed by atoms with Gasteiger partial charge in [-0.3, -0.25) is 4.79 Å². The van der Waals surface area contributed by atoms with E-state index in [0.29, 0.717) is 6.42 Å². The second kappa shape index (κ2) is 7.59. The third-order valence-corrected chi connectivity index (χ3v) is 6.12. The van der Waals surface area contributed by atoms with E-state index < -0.39 is 21.7 Å². The van der Waals surface area contributed by atoms with Crippen molar-refractivity contribution in [3.05, 3.63) is 34.6 Å². The maximum atomic E-state index is 13.8. The zero-order valence-corrected chi connectivity index (χ0v) is 14.5. The lowest BCUT2D eigenvalue weighted by molar-refractivity contribution is 0.0693. The van der Waals surface area contributed by atoms with Crippen LogP contribution in [0.3, 0.4) is 0 Å². The second-order valence-corrected chi connectivity index (χ2v) is 7.95. The smallest absolute Gasteiger partial charge is 0.258 e. The molecule has 128 valence electrons. The summed E-state index contributed by atoms with van der Waals surface area (Å²) in [6, 6.07) is 4.08. The number of benzene rings is 1. The maximum absolute atomic E-state index is 13.8. The Kier molecular flexibility index (Phi) is 6.00. The molecule has 1 aliphatic rings. The van der Waals surface area contributed by atoms with Crippen LogP contribution in [0.25, 0.3) is 0 Å². The van der Waals surface area contributed by atoms with E-state index in [2.05, 4.69) is 0 Å². The van der Waals surface area contributed by atoms with E-state index in [1.807, 2.05) is 6.92 Å². The van der Waals surface area contributed by atoms with Crippen LogP contribution in [-0.4, -0.2) is 55.5 Å². The molecule has 0 aromatic heterocycles. The molecule has 1 saturated heterocycles. The van der Waals surface area contributed by atoms with Gasteiger partial charge in [0.2, 0.25) is 10.0 Å². The van der Waals surface area contributed by atoms with Gasteiger partial charge in [-0.25, -0.2) is 12.8 Å². The summed E-state index contributed by atoms with van der Waals surface area (Å²) >= 11 is 5.91. The van der Waals surface area contributed by atoms with Crippen LogP contribution in [0, 0.1) is 5.82 Å². The first-order valence-corrected chi connectivity index (χ1v) is 9.56. The van der Waals surface area contributed by atoms with Crippen molar-refractivity contribution in [3.63, 3.8) is 0 Å². The number of sulfonamides is 1. The van der Waals surface area contributed by atoms with E-state index in [1.165, 1.54) is 27.4 Å². The van der Waals surface area contributed by atoms with Gasteiger partial charge in [-0.1, -0.05) is 31.0 Å². The molecule has 1 fully saturated rings. The predicted octanol–water partition coefficient (Wildman–Crippen LogP) is 2.37. The summed E-state index contributed by atoms with van der Waals surface area (Å²) in [6.45, 7) is 2.85. The molecule has 0 atom stereocenters. The van der Waals surface area contributed by atoms with Gasteiger partial charge in [-0.2, -0.15) is 4.31 Å². The Bertz CT molecular complexity index is 653. The van der Waals surface area contributed by atoms with Crippen molar-refractivity contribution in [2.24, 2.45) is 0 Å². The highest BCUT2D eigenvalue weighted by Gasteiger charge is 2.30. The highest BCUT2D eigenvalue weighted by molar-refractivity contribution is 7.89. The first-order valence-electron chi connectivity index (χ1n) is 7.58. The zero-order valence-electron chi connectivity index (χ0n) is 13.0. The molecule has 1 heterocycles. The highest BCUT2D eigenvalue weighted by atomic mass is 35.5. The number of piperazine rings is 1. The summed E-state index contributed by atoms with van der Waals surface area (Å²) in [5.74, 6) is -1.05. The molecule has 0 spiro atoms. The largest absolute Gasteiger partial charge is 0.336 e. The lowest BCUT2D eigenvalue weighted by atomic mass is 10.1. The Morgan fingerprint density at radius 1 is 1.26 bits per heavy atom. The summed E-state index contributed by atoms with van der Waals surface area (Å²) in [6.07, 6.45) is 1.43. The Labute approximate surface area is 141 Å². The van der Waals surface area contributed by atoms with Crippen molar-refractivity contribution in [3.8, 4) is 0 Å². The molecule has 2 rings (SSSR count). The molecule has 0 N–H and O–H groups in total. The van der Waals surface area contributed by atoms with Crippen LogP contribution in [0.5, 0.6) is 0 Å². The fourth-order valence-electron chi connectivity index (χ4n) is 2.49. The van der Waals surface area contributed by atoms with Crippen LogP contribution in [0.2, 0.25) is 5.02 Å². The Balaban J connectivity index is 2.03. The normalized spacial score (nSPS) is 16.6. The highest BCUT2D eigenvalue weighted by Crippen LogP contribution is 2.22. The number of unbranched alkanes of at least 4 members (excludes halogenated alkanes) is 1. The summed E-state index contributed by atoms with van der Waals surface area (Å²) in [7, 11) is -3.28. The minimum atomic E-state index is -3.28. The van der Waals surface area contributed by atoms with Crippen LogP contribution in [0.1, 0.15) is 30.1 Å². The molecule has 1 aliphatic heterocycles. The molecule has 23 heavy (non-hydrogen) atoms. The van der Waals surface area contributed by atoms with Crippen LogP contribution < -0.4 is 0 Å². The predicted molar refractivity (Wildman–Crippen MR) is 87.6 cm³/mol. The minimum Gasteiger partial charge on any atom is -0.336 e. The number of amides is 1. The molecule has 1 amide bonds. The topological polar surface area (TPSA) is 57.7 Å². The van der Waals surface area contributed by atoms with Crippen LogP contribution in [0.15, 0.2) is 18.2 Å². The number of nitrogens with zero attached hydrogens (tertiary/aromatic N) is 2. The Morgan fingerprint density at radius 2 is 1.91 bits per heavy atom. The second-order valence-electron chi connectivity index (χ2n) is 5.46. The maximum Gasteiger partial charge on any atom is 0.258 e. The molecule has 1 aromatic carbocycles. The summed E-state index contributed by atoms with van der Waals surface area (Å²) in [5.41, 5.74) is -0.156. The van der Waals surface area contributed by atoms with Crippen molar-refractivity contribution < 1.29 is 17.6 Å². The number of carbonyl (C=O) groups excluding carboxylic acids is 1. The first-order chi connectivity index (χ1) is 10.9. The minimum absolute atomic E-state index is 0.0630. The molecule has 0 bridgehead atoms. The van der Waals surface area contributed by atoms with E-state index in [-0.39, 0.29) is 42.5 Å². The van der Waals surface area contributed by atoms with Crippen molar-refractivity contribution in [1.29, 1.82) is 0 Å². The number of rotatable bonds is 5. The van der Waals surface area contributed by atoms with Crippen molar-refractivity contribution in [2.45, 2.75) is 19.8 Å². The SMILES string of the molecule is CCCCS(=O)(=O)N1CCN(C(=O)c2c(F)cccc2Cl)CC1. The number of hydrogen-bond donors (Lipinski definition) is 0. The third kappa shape index (κ3) is 4.22. The van der Waals surface area contributed by atoms with Crippen molar-refractivity contribution in [1.82, 2.24) is 9.21 Å². The third-order valence-electron chi connectivity index (χ3n) is 3.85. The molecule has 0 aliphatic carbocycles. The molecule has 0 unspecified atom stereocenters. The molecule has 0 radical (unpaired) electrons. The van der Waals surface area contributed by atoms with Crippen molar-refractivity contribution >= 4 is 27.5 Å². The number of carbonyl (C=O) groups is 1. The van der Waals surface area contributed by atoms with E-state index in [4.69, 9.17) is 11.6 Å². The van der Waals surface area contributed by atoms with Gasteiger partial charge in [0.05, 0.1) is 16.3 Å². The first kappa shape index (κ1) is 18.2. The molecular formula is C15H20ClFN2O3S. The van der Waals surface area contributed by atoms with Gasteiger partial charge >= 0.3 is 0 Å². The van der Waals surface area contributed by atoms with Crippen LogP contribution in [-0.2, 0) is 10.0 Å². The lowest BCUT2D eigenvalue weighted by Gasteiger charge is -2.34. The fraction of sp³-hybridized carbons (Fsp3) is 0.533. The number of halogens is 2. The zero-order chi connectivity index (χ0) is 17.0. The van der Waals surface area contributed by atoms with Gasteiger partial charge in [0.1, 0.15) is 5.82 Å². The average Bonchev–Trinajstić information content (AvgIpc) is 2.53. The monoisotopic (exact) mass is 362 g/mol. The fourth-order valence-corrected chi connectivity index (χ4v) is 4.36. The average molecular weight is 363 g/mol. The van der Waals surface area contributed by atoms with Gasteiger partial charge in [-0.15, -0.1) is 0 Å². The number of hydrogen-bond acceptors (Lipinski definition) is 3. The lowest BCUT2D eigenvalue weighted by Crippen LogP contribution is -2.51. The van der Waals surface area contributed by atoms with E-state index in [1.54, 1.807) is 0 Å². The van der Waals surface area contributed by atoms with Gasteiger partial charge in [0, 0.05) is 26.2 Å². The quantitative estimate of drug-likeness (QED) is 0.808. The summed E-state index contributed by atoms with van der Waals surface area (Å²) in [5, 5.41) is 0.0630. The van der Waals surface area contributed by atoms with Gasteiger partial charge in [0.15, 0.2) is 0 Å². The van der Waals surface area contributed by atoms with Crippen molar-refractivity contribution in [2.75, 3.05) is 31.9 Å². The molecule has 0 saturated carbocycles. The van der Waals surface area contributed by atoms with E-state index in [0.717, 1.165) is 6.42 Å². The molecule has 8 heteroatoms. The van der Waals surface area contributed by atoms with Crippen LogP contribution >= 0.6 is 11.6 Å². The van der Waals surface area contributed by atoms with Gasteiger partial charge < -0.3 is 4.90 Å². The van der Waals surface area contributed by atoms with E-state index in [9.17, 15) is 17.6 Å². The van der Waals surface area contributed by atoms with Crippen LogP contribution in [0.4, 0.5) is 4.39 Å². The molecule has 5 nitrogen and oxygen atoms in total. The van der Waals surface area contributed by atoms with E-state index >= 15 is 0 Å². The summed E-state index contributed by atoms with van der Waals surface area (Å²) in [4.78, 5) is 13.8. The van der Waals surface area contributed by atoms with Gasteiger partial charge in [0.25, 0.3) is 5.91 Å². The molecular weight excluding hydrogens is 343 g/mol. The standard InChI is InChI=1S/C15H20ClFN2O3S/c1-2-3-11-23(21,22)19-9-7-18(8-10-19)15(20)14-12(16)5-4-6-13(14)17/h4-6H,2-3,7-11H2,1H3.